The van der Waals surface area contributed by atoms with E-state index in [9.17, 15) is 39.9 Å². The summed E-state index contributed by atoms with van der Waals surface area (Å²) in [6.07, 6.45) is 4.43. The standard InChI is InChI=1S/C21H30N2O8/c1-3-4-5-6-14(12(2)21(30)31)20(29)23-15(11-24)17(26)10-22-9-13-7-8-16(25)19(28)18(13)27/h4-5,7-8,12,14-15,22,24-25,27-28H,3,6,9-11H2,1-2H3,(H,23,29)(H,30,31)/b5-4+. The van der Waals surface area contributed by atoms with Gasteiger partial charge in [-0.3, -0.25) is 14.4 Å². The Morgan fingerprint density at radius 3 is 2.35 bits per heavy atom. The maximum absolute atomic E-state index is 12.6. The molecule has 7 N–H and O–H groups in total. The molecule has 0 radical (unpaired) electrons. The number of aliphatic carboxylic acids is 1. The van der Waals surface area contributed by atoms with Crippen molar-refractivity contribution in [3.05, 3.63) is 29.8 Å². The summed E-state index contributed by atoms with van der Waals surface area (Å²) in [4.78, 5) is 36.3. The maximum Gasteiger partial charge on any atom is 0.307 e. The fourth-order valence-corrected chi connectivity index (χ4v) is 2.82. The van der Waals surface area contributed by atoms with E-state index in [2.05, 4.69) is 10.6 Å². The molecule has 0 aliphatic carbocycles. The van der Waals surface area contributed by atoms with Crippen LogP contribution in [-0.2, 0) is 20.9 Å². The van der Waals surface area contributed by atoms with Crippen LogP contribution in [0.15, 0.2) is 24.3 Å². The molecule has 1 amide bonds. The summed E-state index contributed by atoms with van der Waals surface area (Å²) < 4.78 is 0. The van der Waals surface area contributed by atoms with E-state index in [-0.39, 0.29) is 25.1 Å². The van der Waals surface area contributed by atoms with Gasteiger partial charge >= 0.3 is 5.97 Å². The Hall–Kier alpha value is -3.11. The number of carbonyl (C=O) groups is 3. The molecule has 0 fully saturated rings. The Balaban J connectivity index is 2.73. The number of aliphatic hydroxyl groups is 1. The second-order valence-corrected chi connectivity index (χ2v) is 7.10. The number of Topliss-reactive ketones (excluding diaryl/α,β-unsaturated/α-hetero) is 1. The van der Waals surface area contributed by atoms with Gasteiger partial charge in [0.25, 0.3) is 0 Å². The third kappa shape index (κ3) is 7.58. The van der Waals surface area contributed by atoms with Crippen molar-refractivity contribution in [2.75, 3.05) is 13.2 Å². The van der Waals surface area contributed by atoms with Gasteiger partial charge in [-0.25, -0.2) is 0 Å². The number of phenolic OH excluding ortho intramolecular Hbond substituents is 3. The molecule has 0 saturated heterocycles. The summed E-state index contributed by atoms with van der Waals surface area (Å²) in [7, 11) is 0. The summed E-state index contributed by atoms with van der Waals surface area (Å²) in [6.45, 7) is 2.33. The Morgan fingerprint density at radius 2 is 1.77 bits per heavy atom. The molecule has 10 nitrogen and oxygen atoms in total. The van der Waals surface area contributed by atoms with E-state index in [1.807, 2.05) is 13.0 Å². The number of carboxylic acid groups (broad SMARTS) is 1. The first-order chi connectivity index (χ1) is 14.6. The lowest BCUT2D eigenvalue weighted by Crippen LogP contribution is -2.49. The van der Waals surface area contributed by atoms with Gasteiger partial charge in [-0.1, -0.05) is 32.1 Å². The highest BCUT2D eigenvalue weighted by Crippen LogP contribution is 2.36. The number of aliphatic hydroxyl groups excluding tert-OH is 1. The molecular formula is C21H30N2O8. The molecule has 0 bridgehead atoms. The van der Waals surface area contributed by atoms with Gasteiger partial charge in [0.2, 0.25) is 11.7 Å². The highest BCUT2D eigenvalue weighted by molar-refractivity contribution is 5.92. The molecular weight excluding hydrogens is 408 g/mol. The molecule has 172 valence electrons. The van der Waals surface area contributed by atoms with Gasteiger partial charge in [0.1, 0.15) is 6.04 Å². The molecule has 1 aromatic rings. The zero-order valence-corrected chi connectivity index (χ0v) is 17.5. The van der Waals surface area contributed by atoms with Crippen molar-refractivity contribution in [2.24, 2.45) is 11.8 Å². The van der Waals surface area contributed by atoms with Crippen LogP contribution < -0.4 is 10.6 Å². The minimum atomic E-state index is -1.24. The van der Waals surface area contributed by atoms with Gasteiger partial charge in [-0.2, -0.15) is 0 Å². The fourth-order valence-electron chi connectivity index (χ4n) is 2.82. The second kappa shape index (κ2) is 12.6. The third-order valence-electron chi connectivity index (χ3n) is 4.84. The van der Waals surface area contributed by atoms with Gasteiger partial charge < -0.3 is 36.2 Å². The number of allylic oxidation sites excluding steroid dienone is 2. The number of aromatic hydroxyl groups is 3. The van der Waals surface area contributed by atoms with E-state index in [0.717, 1.165) is 6.42 Å². The van der Waals surface area contributed by atoms with Crippen molar-refractivity contribution in [3.63, 3.8) is 0 Å². The quantitative estimate of drug-likeness (QED) is 0.172. The van der Waals surface area contributed by atoms with Crippen molar-refractivity contribution < 1.29 is 39.9 Å². The Bertz CT molecular complexity index is 809. The van der Waals surface area contributed by atoms with Gasteiger partial charge in [0, 0.05) is 12.1 Å². The van der Waals surface area contributed by atoms with E-state index < -0.39 is 59.4 Å². The molecule has 0 spiro atoms. The number of phenols is 3. The fraction of sp³-hybridized carbons (Fsp3) is 0.476. The van der Waals surface area contributed by atoms with Crippen molar-refractivity contribution in [1.82, 2.24) is 10.6 Å². The molecule has 1 rings (SSSR count). The summed E-state index contributed by atoms with van der Waals surface area (Å²) in [5, 5.41) is 52.5. The van der Waals surface area contributed by atoms with E-state index in [1.165, 1.54) is 19.1 Å². The highest BCUT2D eigenvalue weighted by Gasteiger charge is 2.31. The van der Waals surface area contributed by atoms with Crippen LogP contribution in [0.3, 0.4) is 0 Å². The zero-order valence-electron chi connectivity index (χ0n) is 17.5. The molecule has 3 unspecified atom stereocenters. The SMILES string of the molecule is CC/C=C/CC(C(=O)NC(CO)C(=O)CNCc1ccc(O)c(O)c1O)C(C)C(=O)O. The number of carboxylic acids is 1. The second-order valence-electron chi connectivity index (χ2n) is 7.10. The Labute approximate surface area is 180 Å². The molecule has 0 heterocycles. The Kier molecular flexibility index (Phi) is 10.5. The number of amides is 1. The average Bonchev–Trinajstić information content (AvgIpc) is 2.74. The van der Waals surface area contributed by atoms with Crippen LogP contribution in [0, 0.1) is 11.8 Å². The molecule has 0 saturated carbocycles. The highest BCUT2D eigenvalue weighted by atomic mass is 16.4. The summed E-state index contributed by atoms with van der Waals surface area (Å²) in [5.41, 5.74) is 0.228. The number of hydrogen-bond donors (Lipinski definition) is 7. The summed E-state index contributed by atoms with van der Waals surface area (Å²) in [6, 6.07) is 1.30. The normalized spacial score (nSPS) is 14.2. The molecule has 0 aliphatic heterocycles. The first-order valence-corrected chi connectivity index (χ1v) is 9.89. The van der Waals surface area contributed by atoms with Crippen LogP contribution in [0.5, 0.6) is 17.2 Å². The first kappa shape index (κ1) is 25.9. The van der Waals surface area contributed by atoms with Crippen molar-refractivity contribution in [1.29, 1.82) is 0 Å². The third-order valence-corrected chi connectivity index (χ3v) is 4.84. The van der Waals surface area contributed by atoms with Crippen LogP contribution >= 0.6 is 0 Å². The van der Waals surface area contributed by atoms with E-state index in [1.54, 1.807) is 6.08 Å². The molecule has 31 heavy (non-hydrogen) atoms. The predicted molar refractivity (Wildman–Crippen MR) is 112 cm³/mol. The van der Waals surface area contributed by atoms with E-state index in [0.29, 0.717) is 0 Å². The number of rotatable bonds is 13. The topological polar surface area (TPSA) is 176 Å². The minimum absolute atomic E-state index is 0.0298. The lowest BCUT2D eigenvalue weighted by Gasteiger charge is -2.22. The smallest absolute Gasteiger partial charge is 0.307 e. The van der Waals surface area contributed by atoms with Crippen LogP contribution in [-0.4, -0.2) is 62.4 Å². The number of benzene rings is 1. The minimum Gasteiger partial charge on any atom is -0.504 e. The lowest BCUT2D eigenvalue weighted by molar-refractivity contribution is -0.146. The van der Waals surface area contributed by atoms with Crippen LogP contribution in [0.25, 0.3) is 0 Å². The number of carbonyl (C=O) groups excluding carboxylic acids is 2. The largest absolute Gasteiger partial charge is 0.504 e. The average molecular weight is 438 g/mol. The first-order valence-electron chi connectivity index (χ1n) is 9.89. The zero-order chi connectivity index (χ0) is 23.6. The van der Waals surface area contributed by atoms with Gasteiger partial charge in [0.05, 0.1) is 25.0 Å². The molecule has 0 aromatic heterocycles. The number of ketones is 1. The van der Waals surface area contributed by atoms with Gasteiger partial charge in [-0.15, -0.1) is 0 Å². The number of hydrogen-bond acceptors (Lipinski definition) is 8. The van der Waals surface area contributed by atoms with Crippen LogP contribution in [0.4, 0.5) is 0 Å². The van der Waals surface area contributed by atoms with Crippen LogP contribution in [0.1, 0.15) is 32.3 Å². The van der Waals surface area contributed by atoms with E-state index >= 15 is 0 Å². The Morgan fingerprint density at radius 1 is 1.10 bits per heavy atom. The summed E-state index contributed by atoms with van der Waals surface area (Å²) in [5.74, 6) is -5.94. The molecule has 3 atom stereocenters. The number of nitrogens with one attached hydrogen (secondary N) is 2. The van der Waals surface area contributed by atoms with E-state index in [4.69, 9.17) is 0 Å². The van der Waals surface area contributed by atoms with Gasteiger partial charge in [0.15, 0.2) is 17.3 Å². The molecule has 0 aliphatic rings. The maximum atomic E-state index is 12.6. The van der Waals surface area contributed by atoms with Crippen LogP contribution in [0.2, 0.25) is 0 Å². The molecule has 1 aromatic carbocycles. The van der Waals surface area contributed by atoms with Crippen molar-refractivity contribution >= 4 is 17.7 Å². The lowest BCUT2D eigenvalue weighted by atomic mass is 9.89. The molecule has 10 heteroatoms. The monoisotopic (exact) mass is 438 g/mol. The predicted octanol–water partition coefficient (Wildman–Crippen LogP) is 0.632. The summed E-state index contributed by atoms with van der Waals surface area (Å²) >= 11 is 0. The van der Waals surface area contributed by atoms with Crippen molar-refractivity contribution in [2.45, 2.75) is 39.3 Å². The van der Waals surface area contributed by atoms with Gasteiger partial charge in [-0.05, 0) is 18.9 Å². The van der Waals surface area contributed by atoms with Crippen molar-refractivity contribution in [3.8, 4) is 17.2 Å².